The van der Waals surface area contributed by atoms with Gasteiger partial charge < -0.3 is 20.1 Å². The molecule has 0 radical (unpaired) electrons. The third kappa shape index (κ3) is 9.36. The average molecular weight is 303 g/mol. The molecule has 0 aromatic heterocycles. The summed E-state index contributed by atoms with van der Waals surface area (Å²) in [6.45, 7) is 12.4. The van der Waals surface area contributed by atoms with Gasteiger partial charge in [-0.25, -0.2) is 0 Å². The van der Waals surface area contributed by atoms with Gasteiger partial charge in [0.1, 0.15) is 0 Å². The second kappa shape index (κ2) is 11.3. The number of rotatable bonds is 0. The summed E-state index contributed by atoms with van der Waals surface area (Å²) in [5.74, 6) is 0. The average Bonchev–Trinajstić information content (AvgIpc) is 2.17. The fourth-order valence-electron chi connectivity index (χ4n) is 1.97. The van der Waals surface area contributed by atoms with Crippen molar-refractivity contribution in [3.8, 4) is 0 Å². The van der Waals surface area contributed by atoms with Crippen LogP contribution in [0.25, 0.3) is 0 Å². The van der Waals surface area contributed by atoms with Crippen molar-refractivity contribution >= 4 is 24.8 Å². The highest BCUT2D eigenvalue weighted by Crippen LogP contribution is 2.00. The number of hydrogen-bond donors (Lipinski definition) is 2. The fraction of sp³-hybridized carbons (Fsp3) is 1.00. The lowest BCUT2D eigenvalue weighted by molar-refractivity contribution is -0.0168. The maximum atomic E-state index is 5.42. The Morgan fingerprint density at radius 1 is 0.611 bits per heavy atom. The lowest BCUT2D eigenvalue weighted by Gasteiger charge is -2.25. The number of halogens is 2. The van der Waals surface area contributed by atoms with Crippen LogP contribution in [-0.4, -0.2) is 50.6 Å². The highest BCUT2D eigenvalue weighted by atomic mass is 35.5. The van der Waals surface area contributed by atoms with Gasteiger partial charge in [0.05, 0.1) is 24.4 Å². The SMILES string of the molecule is C[C@@H]1CNC[C@@H](C)O1.C[C@H]1CNC[C@H](C)O1.Cl.Cl. The first-order chi connectivity index (χ1) is 7.58. The smallest absolute Gasteiger partial charge is 0.0675 e. The molecule has 2 heterocycles. The third-order valence-electron chi connectivity index (χ3n) is 2.66. The second-order valence-corrected chi connectivity index (χ2v) is 4.83. The van der Waals surface area contributed by atoms with Gasteiger partial charge in [-0.1, -0.05) is 0 Å². The van der Waals surface area contributed by atoms with Gasteiger partial charge in [0.2, 0.25) is 0 Å². The van der Waals surface area contributed by atoms with Crippen molar-refractivity contribution in [1.29, 1.82) is 0 Å². The Morgan fingerprint density at radius 3 is 0.944 bits per heavy atom. The molecular weight excluding hydrogens is 275 g/mol. The van der Waals surface area contributed by atoms with E-state index in [-0.39, 0.29) is 24.8 Å². The minimum atomic E-state index is 0. The first kappa shape index (κ1) is 20.7. The quantitative estimate of drug-likeness (QED) is 0.713. The molecule has 2 aliphatic heterocycles. The molecule has 2 N–H and O–H groups in total. The Bertz CT molecular complexity index is 163. The van der Waals surface area contributed by atoms with E-state index >= 15 is 0 Å². The van der Waals surface area contributed by atoms with Gasteiger partial charge in [0, 0.05) is 26.2 Å². The largest absolute Gasteiger partial charge is 0.373 e. The predicted octanol–water partition coefficient (Wildman–Crippen LogP) is 1.61. The zero-order valence-corrected chi connectivity index (χ0v) is 13.4. The summed E-state index contributed by atoms with van der Waals surface area (Å²) in [4.78, 5) is 0. The van der Waals surface area contributed by atoms with E-state index in [1.54, 1.807) is 0 Å². The van der Waals surface area contributed by atoms with Crippen molar-refractivity contribution in [2.75, 3.05) is 26.2 Å². The van der Waals surface area contributed by atoms with E-state index in [9.17, 15) is 0 Å². The van der Waals surface area contributed by atoms with Gasteiger partial charge >= 0.3 is 0 Å². The van der Waals surface area contributed by atoms with E-state index in [4.69, 9.17) is 9.47 Å². The molecule has 0 spiro atoms. The van der Waals surface area contributed by atoms with Crippen LogP contribution in [0, 0.1) is 0 Å². The Balaban J connectivity index is 0. The van der Waals surface area contributed by atoms with Crippen LogP contribution in [0.15, 0.2) is 0 Å². The van der Waals surface area contributed by atoms with Crippen molar-refractivity contribution in [3.05, 3.63) is 0 Å². The van der Waals surface area contributed by atoms with Gasteiger partial charge in [-0.2, -0.15) is 0 Å². The first-order valence-electron chi connectivity index (χ1n) is 6.30. The van der Waals surface area contributed by atoms with Crippen LogP contribution < -0.4 is 10.6 Å². The molecule has 0 aliphatic carbocycles. The molecule has 2 saturated heterocycles. The summed E-state index contributed by atoms with van der Waals surface area (Å²) in [5, 5.41) is 6.52. The Hall–Kier alpha value is 0.420. The molecule has 2 rings (SSSR count). The van der Waals surface area contributed by atoms with Crippen LogP contribution in [0.1, 0.15) is 27.7 Å². The zero-order chi connectivity index (χ0) is 12.0. The summed E-state index contributed by atoms with van der Waals surface area (Å²) in [7, 11) is 0. The molecular formula is C12H28Cl2N2O2. The van der Waals surface area contributed by atoms with Crippen LogP contribution >= 0.6 is 24.8 Å². The third-order valence-corrected chi connectivity index (χ3v) is 2.66. The van der Waals surface area contributed by atoms with Gasteiger partial charge in [0.15, 0.2) is 0 Å². The van der Waals surface area contributed by atoms with E-state index in [0.29, 0.717) is 24.4 Å². The summed E-state index contributed by atoms with van der Waals surface area (Å²) in [6, 6.07) is 0. The Morgan fingerprint density at radius 2 is 0.833 bits per heavy atom. The van der Waals surface area contributed by atoms with Crippen LogP contribution in [-0.2, 0) is 9.47 Å². The number of hydrogen-bond acceptors (Lipinski definition) is 4. The molecule has 18 heavy (non-hydrogen) atoms. The van der Waals surface area contributed by atoms with E-state index < -0.39 is 0 Å². The maximum Gasteiger partial charge on any atom is 0.0675 e. The minimum Gasteiger partial charge on any atom is -0.373 e. The molecule has 2 aliphatic rings. The molecule has 4 nitrogen and oxygen atoms in total. The molecule has 0 amide bonds. The second-order valence-electron chi connectivity index (χ2n) is 4.83. The standard InChI is InChI=1S/2C6H13NO.2ClH/c2*1-5-3-7-4-6(2)8-5;;/h2*5-7H,3-4H2,1-2H3;2*1H/t2*5-,6-;;/m10../s1. The number of nitrogens with one attached hydrogen (secondary N) is 2. The molecule has 112 valence electrons. The topological polar surface area (TPSA) is 42.5 Å². The fourth-order valence-corrected chi connectivity index (χ4v) is 1.97. The van der Waals surface area contributed by atoms with Gasteiger partial charge in [-0.3, -0.25) is 0 Å². The molecule has 0 saturated carbocycles. The number of ether oxygens (including phenoxy) is 2. The maximum absolute atomic E-state index is 5.42. The molecule has 0 bridgehead atoms. The predicted molar refractivity (Wildman–Crippen MR) is 80.3 cm³/mol. The molecule has 2 fully saturated rings. The van der Waals surface area contributed by atoms with Crippen molar-refractivity contribution in [1.82, 2.24) is 10.6 Å². The van der Waals surface area contributed by atoms with E-state index in [2.05, 4.69) is 38.3 Å². The molecule has 6 heteroatoms. The summed E-state index contributed by atoms with van der Waals surface area (Å²) in [6.07, 6.45) is 1.61. The summed E-state index contributed by atoms with van der Waals surface area (Å²) in [5.41, 5.74) is 0. The minimum absolute atomic E-state index is 0. The highest BCUT2D eigenvalue weighted by Gasteiger charge is 2.13. The van der Waals surface area contributed by atoms with Crippen LogP contribution in [0.4, 0.5) is 0 Å². The van der Waals surface area contributed by atoms with E-state index in [1.807, 2.05) is 0 Å². The van der Waals surface area contributed by atoms with E-state index in [1.165, 1.54) is 0 Å². The van der Waals surface area contributed by atoms with Crippen LogP contribution in [0.5, 0.6) is 0 Å². The van der Waals surface area contributed by atoms with Gasteiger partial charge in [-0.05, 0) is 27.7 Å². The van der Waals surface area contributed by atoms with E-state index in [0.717, 1.165) is 26.2 Å². The lowest BCUT2D eigenvalue weighted by atomic mass is 10.3. The Labute approximate surface area is 123 Å². The summed E-state index contributed by atoms with van der Waals surface area (Å²) < 4.78 is 10.8. The molecule has 0 unspecified atom stereocenters. The van der Waals surface area contributed by atoms with Crippen LogP contribution in [0.3, 0.4) is 0 Å². The van der Waals surface area contributed by atoms with Gasteiger partial charge in [-0.15, -0.1) is 24.8 Å². The van der Waals surface area contributed by atoms with Gasteiger partial charge in [0.25, 0.3) is 0 Å². The summed E-state index contributed by atoms with van der Waals surface area (Å²) >= 11 is 0. The molecule has 4 atom stereocenters. The van der Waals surface area contributed by atoms with Crippen molar-refractivity contribution < 1.29 is 9.47 Å². The van der Waals surface area contributed by atoms with Crippen LogP contribution in [0.2, 0.25) is 0 Å². The normalized spacial score (nSPS) is 35.3. The lowest BCUT2D eigenvalue weighted by Crippen LogP contribution is -2.41. The first-order valence-corrected chi connectivity index (χ1v) is 6.30. The monoisotopic (exact) mass is 302 g/mol. The van der Waals surface area contributed by atoms with Crippen molar-refractivity contribution in [2.45, 2.75) is 52.1 Å². The highest BCUT2D eigenvalue weighted by molar-refractivity contribution is 5.85. The zero-order valence-electron chi connectivity index (χ0n) is 11.8. The van der Waals surface area contributed by atoms with Crippen molar-refractivity contribution in [3.63, 3.8) is 0 Å². The Kier molecular flexibility index (Phi) is 13.0. The molecule has 0 aromatic rings. The van der Waals surface area contributed by atoms with Crippen molar-refractivity contribution in [2.24, 2.45) is 0 Å². The number of morpholine rings is 2. The molecule has 0 aromatic carbocycles.